The molecule has 0 saturated heterocycles. The molecule has 1 aliphatic carbocycles. The van der Waals surface area contributed by atoms with Gasteiger partial charge in [0, 0.05) is 22.9 Å². The molecule has 1 N–H and O–H groups in total. The van der Waals surface area contributed by atoms with E-state index in [4.69, 9.17) is 0 Å². The molecule has 100 valence electrons. The second-order valence-electron chi connectivity index (χ2n) is 4.84. The number of thioether (sulfide) groups is 1. The second kappa shape index (κ2) is 6.02. The van der Waals surface area contributed by atoms with E-state index in [-0.39, 0.29) is 11.6 Å². The molecule has 0 amide bonds. The van der Waals surface area contributed by atoms with Crippen molar-refractivity contribution < 1.29 is 8.78 Å². The van der Waals surface area contributed by atoms with Crippen LogP contribution in [0.15, 0.2) is 18.2 Å². The molecule has 4 heteroatoms. The van der Waals surface area contributed by atoms with Gasteiger partial charge in [0.25, 0.3) is 0 Å². The van der Waals surface area contributed by atoms with Crippen LogP contribution in [0.3, 0.4) is 0 Å². The van der Waals surface area contributed by atoms with Crippen LogP contribution < -0.4 is 5.32 Å². The molecule has 1 saturated carbocycles. The van der Waals surface area contributed by atoms with Gasteiger partial charge in [-0.05, 0) is 38.2 Å². The van der Waals surface area contributed by atoms with E-state index in [0.29, 0.717) is 11.3 Å². The highest BCUT2D eigenvalue weighted by Gasteiger charge is 2.28. The standard InChI is InChI=1S/C14H19F2NS/c1-9(14-10(15)5-3-6-11(14)16)17-12-7-4-8-13(12)18-2/h3,5-6,9,12-13,17H,4,7-8H2,1-2H3. The first-order valence-corrected chi connectivity index (χ1v) is 7.65. The third kappa shape index (κ3) is 2.86. The molecule has 0 heterocycles. The summed E-state index contributed by atoms with van der Waals surface area (Å²) in [6.45, 7) is 1.83. The fourth-order valence-corrected chi connectivity index (χ4v) is 3.67. The lowest BCUT2D eigenvalue weighted by molar-refractivity contribution is 0.434. The minimum Gasteiger partial charge on any atom is -0.306 e. The monoisotopic (exact) mass is 271 g/mol. The molecular weight excluding hydrogens is 252 g/mol. The van der Waals surface area contributed by atoms with E-state index in [2.05, 4.69) is 11.6 Å². The Hall–Kier alpha value is -0.610. The van der Waals surface area contributed by atoms with E-state index in [1.165, 1.54) is 31.0 Å². The van der Waals surface area contributed by atoms with Gasteiger partial charge < -0.3 is 5.32 Å². The molecule has 1 aliphatic rings. The van der Waals surface area contributed by atoms with Crippen LogP contribution in [0.1, 0.15) is 37.8 Å². The van der Waals surface area contributed by atoms with Crippen LogP contribution in [-0.2, 0) is 0 Å². The molecule has 0 radical (unpaired) electrons. The average Bonchev–Trinajstić information content (AvgIpc) is 2.76. The largest absolute Gasteiger partial charge is 0.306 e. The zero-order valence-corrected chi connectivity index (χ0v) is 11.6. The van der Waals surface area contributed by atoms with Crippen molar-refractivity contribution in [3.8, 4) is 0 Å². The van der Waals surface area contributed by atoms with Crippen molar-refractivity contribution >= 4 is 11.8 Å². The normalized spacial score (nSPS) is 25.3. The smallest absolute Gasteiger partial charge is 0.130 e. The third-order valence-electron chi connectivity index (χ3n) is 3.65. The molecule has 2 rings (SSSR count). The lowest BCUT2D eigenvalue weighted by Gasteiger charge is -2.24. The fourth-order valence-electron chi connectivity index (χ4n) is 2.73. The molecule has 1 aromatic carbocycles. The van der Waals surface area contributed by atoms with Crippen molar-refractivity contribution in [1.29, 1.82) is 0 Å². The fraction of sp³-hybridized carbons (Fsp3) is 0.571. The minimum atomic E-state index is -0.464. The van der Waals surface area contributed by atoms with Crippen molar-refractivity contribution in [2.45, 2.75) is 43.5 Å². The maximum atomic E-state index is 13.7. The highest BCUT2D eigenvalue weighted by atomic mass is 32.2. The summed E-state index contributed by atoms with van der Waals surface area (Å²) in [5.41, 5.74) is 0.157. The molecule has 0 spiro atoms. The van der Waals surface area contributed by atoms with Crippen molar-refractivity contribution in [3.05, 3.63) is 35.4 Å². The van der Waals surface area contributed by atoms with E-state index in [1.807, 2.05) is 18.7 Å². The predicted molar refractivity (Wildman–Crippen MR) is 72.9 cm³/mol. The zero-order chi connectivity index (χ0) is 13.1. The number of nitrogens with one attached hydrogen (secondary N) is 1. The van der Waals surface area contributed by atoms with E-state index < -0.39 is 11.6 Å². The van der Waals surface area contributed by atoms with Gasteiger partial charge in [0.15, 0.2) is 0 Å². The highest BCUT2D eigenvalue weighted by molar-refractivity contribution is 7.99. The number of rotatable bonds is 4. The molecule has 3 atom stereocenters. The van der Waals surface area contributed by atoms with E-state index in [1.54, 1.807) is 0 Å². The Labute approximate surface area is 111 Å². The summed E-state index contributed by atoms with van der Waals surface area (Å²) in [5, 5.41) is 3.93. The lowest BCUT2D eigenvalue weighted by Crippen LogP contribution is -2.36. The first-order valence-electron chi connectivity index (χ1n) is 6.36. The molecule has 0 bridgehead atoms. The van der Waals surface area contributed by atoms with Gasteiger partial charge in [0.05, 0.1) is 0 Å². The second-order valence-corrected chi connectivity index (χ2v) is 5.91. The average molecular weight is 271 g/mol. The first kappa shape index (κ1) is 13.8. The van der Waals surface area contributed by atoms with Gasteiger partial charge >= 0.3 is 0 Å². The molecule has 1 fully saturated rings. The summed E-state index contributed by atoms with van der Waals surface area (Å²) < 4.78 is 27.3. The lowest BCUT2D eigenvalue weighted by atomic mass is 10.1. The van der Waals surface area contributed by atoms with Crippen LogP contribution in [0.2, 0.25) is 0 Å². The summed E-state index contributed by atoms with van der Waals surface area (Å²) in [7, 11) is 0. The number of halogens is 2. The highest BCUT2D eigenvalue weighted by Crippen LogP contribution is 2.31. The number of hydrogen-bond donors (Lipinski definition) is 1. The summed E-state index contributed by atoms with van der Waals surface area (Å²) in [6, 6.07) is 4.10. The quantitative estimate of drug-likeness (QED) is 0.891. The number of hydrogen-bond acceptors (Lipinski definition) is 2. The van der Waals surface area contributed by atoms with Gasteiger partial charge in [0.2, 0.25) is 0 Å². The van der Waals surface area contributed by atoms with Crippen molar-refractivity contribution in [2.75, 3.05) is 6.26 Å². The van der Waals surface area contributed by atoms with Crippen LogP contribution >= 0.6 is 11.8 Å². The van der Waals surface area contributed by atoms with Crippen LogP contribution in [0.25, 0.3) is 0 Å². The Morgan fingerprint density at radius 2 is 1.94 bits per heavy atom. The summed E-state index contributed by atoms with van der Waals surface area (Å²) in [4.78, 5) is 0. The topological polar surface area (TPSA) is 12.0 Å². The predicted octanol–water partition coefficient (Wildman–Crippen LogP) is 3.90. The van der Waals surface area contributed by atoms with E-state index >= 15 is 0 Å². The summed E-state index contributed by atoms with van der Waals surface area (Å²) in [5.74, 6) is -0.928. The Kier molecular flexibility index (Phi) is 4.62. The van der Waals surface area contributed by atoms with Gasteiger partial charge in [-0.15, -0.1) is 0 Å². The van der Waals surface area contributed by atoms with Crippen LogP contribution in [0, 0.1) is 11.6 Å². The molecular formula is C14H19F2NS. The molecule has 0 aliphatic heterocycles. The molecule has 18 heavy (non-hydrogen) atoms. The molecule has 1 nitrogen and oxygen atoms in total. The van der Waals surface area contributed by atoms with Gasteiger partial charge in [-0.2, -0.15) is 11.8 Å². The van der Waals surface area contributed by atoms with Gasteiger partial charge in [-0.3, -0.25) is 0 Å². The van der Waals surface area contributed by atoms with Gasteiger partial charge in [0.1, 0.15) is 11.6 Å². The Balaban J connectivity index is 2.10. The molecule has 1 aromatic rings. The SMILES string of the molecule is CSC1CCCC1NC(C)c1c(F)cccc1F. The van der Waals surface area contributed by atoms with Crippen LogP contribution in [-0.4, -0.2) is 17.5 Å². The van der Waals surface area contributed by atoms with Crippen LogP contribution in [0.4, 0.5) is 8.78 Å². The summed E-state index contributed by atoms with van der Waals surface area (Å²) in [6.07, 6.45) is 5.56. The van der Waals surface area contributed by atoms with Gasteiger partial charge in [-0.1, -0.05) is 12.5 Å². The van der Waals surface area contributed by atoms with Crippen LogP contribution in [0.5, 0.6) is 0 Å². The zero-order valence-electron chi connectivity index (χ0n) is 10.7. The first-order chi connectivity index (χ1) is 8.63. The maximum Gasteiger partial charge on any atom is 0.130 e. The molecule has 0 aromatic heterocycles. The molecule has 3 unspecified atom stereocenters. The summed E-state index contributed by atoms with van der Waals surface area (Å²) >= 11 is 1.84. The minimum absolute atomic E-state index is 0.157. The van der Waals surface area contributed by atoms with Crippen molar-refractivity contribution in [3.63, 3.8) is 0 Å². The Bertz CT molecular complexity index is 391. The van der Waals surface area contributed by atoms with E-state index in [0.717, 1.165) is 6.42 Å². The van der Waals surface area contributed by atoms with Gasteiger partial charge in [-0.25, -0.2) is 8.78 Å². The number of benzene rings is 1. The van der Waals surface area contributed by atoms with Crippen molar-refractivity contribution in [2.24, 2.45) is 0 Å². The third-order valence-corrected chi connectivity index (χ3v) is 4.82. The Morgan fingerprint density at radius 3 is 2.56 bits per heavy atom. The Morgan fingerprint density at radius 1 is 1.28 bits per heavy atom. The maximum absolute atomic E-state index is 13.7. The van der Waals surface area contributed by atoms with E-state index in [9.17, 15) is 8.78 Å². The van der Waals surface area contributed by atoms with Crippen molar-refractivity contribution in [1.82, 2.24) is 5.32 Å².